The van der Waals surface area contributed by atoms with E-state index in [0.717, 1.165) is 23.4 Å². The van der Waals surface area contributed by atoms with Gasteiger partial charge in [0.2, 0.25) is 0 Å². The number of ether oxygens (including phenoxy) is 2. The fourth-order valence-corrected chi connectivity index (χ4v) is 2.32. The smallest absolute Gasteiger partial charge is 0.342 e. The summed E-state index contributed by atoms with van der Waals surface area (Å²) < 4.78 is 10.8. The number of hydrogen-bond donors (Lipinski definition) is 0. The van der Waals surface area contributed by atoms with Crippen molar-refractivity contribution < 1.29 is 14.3 Å². The molecule has 0 aromatic heterocycles. The Morgan fingerprint density at radius 2 is 1.96 bits per heavy atom. The highest BCUT2D eigenvalue weighted by atomic mass is 35.5. The number of carbonyl (C=O) groups is 1. The number of rotatable bonds is 7. The summed E-state index contributed by atoms with van der Waals surface area (Å²) in [5.41, 5.74) is 2.85. The van der Waals surface area contributed by atoms with Gasteiger partial charge in [0.25, 0.3) is 0 Å². The maximum Gasteiger partial charge on any atom is 0.342 e. The molecule has 138 valence electrons. The van der Waals surface area contributed by atoms with Crippen LogP contribution < -0.4 is 4.74 Å². The highest BCUT2D eigenvalue weighted by Gasteiger charge is 2.16. The lowest BCUT2D eigenvalue weighted by atomic mass is 10.1. The molecule has 0 aliphatic heterocycles. The molecule has 5 nitrogen and oxygen atoms in total. The summed E-state index contributed by atoms with van der Waals surface area (Å²) in [7, 11) is 3.46. The predicted molar refractivity (Wildman–Crippen MR) is 105 cm³/mol. The molecule has 0 atom stereocenters. The Hall–Kier alpha value is -2.53. The number of aliphatic imine (C=N–C) groups is 1. The average Bonchev–Trinajstić information content (AvgIpc) is 2.65. The average molecular weight is 375 g/mol. The van der Waals surface area contributed by atoms with Crippen LogP contribution in [0.4, 0.5) is 5.69 Å². The second-order valence-corrected chi connectivity index (χ2v) is 6.30. The number of aryl methyl sites for hydroxylation is 1. The van der Waals surface area contributed by atoms with Crippen LogP contribution in [-0.2, 0) is 11.3 Å². The molecule has 0 N–H and O–H groups in total. The van der Waals surface area contributed by atoms with E-state index in [9.17, 15) is 4.79 Å². The van der Waals surface area contributed by atoms with Crippen LogP contribution in [0.15, 0.2) is 41.4 Å². The molecule has 0 aliphatic carbocycles. The number of hydrogen-bond acceptors (Lipinski definition) is 4. The minimum Gasteiger partial charge on any atom is -0.496 e. The highest BCUT2D eigenvalue weighted by molar-refractivity contribution is 6.30. The van der Waals surface area contributed by atoms with E-state index in [-0.39, 0.29) is 6.61 Å². The lowest BCUT2D eigenvalue weighted by Crippen LogP contribution is -2.14. The van der Waals surface area contributed by atoms with Crippen molar-refractivity contribution in [2.24, 2.45) is 4.99 Å². The molecule has 0 heterocycles. The standard InChI is InChI=1S/C20H23ClN2O3/c1-5-23(3)13-22-18-11-19(25-4)17(10-14(18)2)20(24)26-12-15-6-8-16(21)9-7-15/h6-11,13H,5,12H2,1-4H3/b22-13+. The Bertz CT molecular complexity index is 788. The van der Waals surface area contributed by atoms with E-state index < -0.39 is 5.97 Å². The number of halogens is 1. The first-order valence-corrected chi connectivity index (χ1v) is 8.67. The van der Waals surface area contributed by atoms with Crippen molar-refractivity contribution in [1.29, 1.82) is 0 Å². The summed E-state index contributed by atoms with van der Waals surface area (Å²) in [5, 5.41) is 0.641. The molecular weight excluding hydrogens is 352 g/mol. The minimum absolute atomic E-state index is 0.166. The monoisotopic (exact) mass is 374 g/mol. The molecule has 0 amide bonds. The first-order chi connectivity index (χ1) is 12.4. The van der Waals surface area contributed by atoms with E-state index in [2.05, 4.69) is 4.99 Å². The Kier molecular flexibility index (Phi) is 7.04. The molecule has 6 heteroatoms. The summed E-state index contributed by atoms with van der Waals surface area (Å²) >= 11 is 5.86. The summed E-state index contributed by atoms with van der Waals surface area (Å²) in [6.07, 6.45) is 1.75. The molecular formula is C20H23ClN2O3. The van der Waals surface area contributed by atoms with Crippen molar-refractivity contribution in [3.05, 3.63) is 58.1 Å². The van der Waals surface area contributed by atoms with Crippen LogP contribution >= 0.6 is 11.6 Å². The van der Waals surface area contributed by atoms with Gasteiger partial charge in [0.05, 0.1) is 19.1 Å². The van der Waals surface area contributed by atoms with Gasteiger partial charge in [-0.25, -0.2) is 9.79 Å². The van der Waals surface area contributed by atoms with Gasteiger partial charge in [0.15, 0.2) is 0 Å². The highest BCUT2D eigenvalue weighted by Crippen LogP contribution is 2.29. The van der Waals surface area contributed by atoms with Crippen molar-refractivity contribution in [2.45, 2.75) is 20.5 Å². The Morgan fingerprint density at radius 3 is 2.58 bits per heavy atom. The van der Waals surface area contributed by atoms with Crippen LogP contribution in [0, 0.1) is 6.92 Å². The topological polar surface area (TPSA) is 51.1 Å². The van der Waals surface area contributed by atoms with Crippen LogP contribution in [0.3, 0.4) is 0 Å². The number of carbonyl (C=O) groups excluding carboxylic acids is 1. The second-order valence-electron chi connectivity index (χ2n) is 5.86. The van der Waals surface area contributed by atoms with Crippen molar-refractivity contribution in [3.63, 3.8) is 0 Å². The van der Waals surface area contributed by atoms with E-state index in [4.69, 9.17) is 21.1 Å². The lowest BCUT2D eigenvalue weighted by Gasteiger charge is -2.13. The van der Waals surface area contributed by atoms with E-state index in [0.29, 0.717) is 16.3 Å². The van der Waals surface area contributed by atoms with E-state index in [1.165, 1.54) is 7.11 Å². The van der Waals surface area contributed by atoms with Crippen LogP contribution in [-0.4, -0.2) is 37.9 Å². The molecule has 2 aromatic carbocycles. The fourth-order valence-electron chi connectivity index (χ4n) is 2.19. The minimum atomic E-state index is -0.443. The van der Waals surface area contributed by atoms with Crippen LogP contribution in [0.1, 0.15) is 28.4 Å². The Labute approximate surface area is 159 Å². The van der Waals surface area contributed by atoms with Gasteiger partial charge in [-0.1, -0.05) is 23.7 Å². The Balaban J connectivity index is 2.17. The maximum absolute atomic E-state index is 12.5. The molecule has 0 saturated heterocycles. The van der Waals surface area contributed by atoms with Gasteiger partial charge in [0.1, 0.15) is 17.9 Å². The number of nitrogens with zero attached hydrogens (tertiary/aromatic N) is 2. The quantitative estimate of drug-likeness (QED) is 0.403. The van der Waals surface area contributed by atoms with Gasteiger partial charge < -0.3 is 14.4 Å². The molecule has 0 unspecified atom stereocenters. The summed E-state index contributed by atoms with van der Waals surface area (Å²) in [4.78, 5) is 18.9. The number of benzene rings is 2. The summed E-state index contributed by atoms with van der Waals surface area (Å²) in [6.45, 7) is 4.96. The van der Waals surface area contributed by atoms with Crippen molar-refractivity contribution in [1.82, 2.24) is 4.90 Å². The van der Waals surface area contributed by atoms with Crippen molar-refractivity contribution in [3.8, 4) is 5.75 Å². The van der Waals surface area contributed by atoms with Gasteiger partial charge in [-0.2, -0.15) is 0 Å². The first kappa shape index (κ1) is 19.8. The van der Waals surface area contributed by atoms with Crippen molar-refractivity contribution in [2.75, 3.05) is 20.7 Å². The largest absolute Gasteiger partial charge is 0.496 e. The molecule has 2 rings (SSSR count). The molecule has 0 radical (unpaired) electrons. The maximum atomic E-state index is 12.5. The third-order valence-corrected chi connectivity index (χ3v) is 4.17. The molecule has 26 heavy (non-hydrogen) atoms. The summed E-state index contributed by atoms with van der Waals surface area (Å²) in [5.74, 6) is -0.0101. The molecule has 0 aliphatic rings. The number of esters is 1. The normalized spacial score (nSPS) is 10.8. The van der Waals surface area contributed by atoms with Crippen LogP contribution in [0.25, 0.3) is 0 Å². The molecule has 0 bridgehead atoms. The molecule has 0 saturated carbocycles. The third-order valence-electron chi connectivity index (χ3n) is 3.91. The lowest BCUT2D eigenvalue weighted by molar-refractivity contribution is 0.0469. The zero-order chi connectivity index (χ0) is 19.1. The SMILES string of the molecule is CCN(C)/C=N/c1cc(OC)c(C(=O)OCc2ccc(Cl)cc2)cc1C. The number of methoxy groups -OCH3 is 1. The van der Waals surface area contributed by atoms with Crippen LogP contribution in [0.5, 0.6) is 5.75 Å². The zero-order valence-electron chi connectivity index (χ0n) is 15.5. The van der Waals surface area contributed by atoms with Gasteiger partial charge in [-0.3, -0.25) is 0 Å². The van der Waals surface area contributed by atoms with Gasteiger partial charge in [-0.05, 0) is 43.2 Å². The zero-order valence-corrected chi connectivity index (χ0v) is 16.2. The second kappa shape index (κ2) is 9.25. The molecule has 0 spiro atoms. The van der Waals surface area contributed by atoms with Gasteiger partial charge >= 0.3 is 5.97 Å². The predicted octanol–water partition coefficient (Wildman–Crippen LogP) is 4.63. The van der Waals surface area contributed by atoms with Gasteiger partial charge in [0, 0.05) is 24.7 Å². The third kappa shape index (κ3) is 5.23. The Morgan fingerprint density at radius 1 is 1.27 bits per heavy atom. The van der Waals surface area contributed by atoms with Crippen molar-refractivity contribution >= 4 is 29.6 Å². The summed E-state index contributed by atoms with van der Waals surface area (Å²) in [6, 6.07) is 10.6. The van der Waals surface area contributed by atoms with E-state index in [1.807, 2.05) is 37.9 Å². The van der Waals surface area contributed by atoms with Gasteiger partial charge in [-0.15, -0.1) is 0 Å². The first-order valence-electron chi connectivity index (χ1n) is 8.29. The molecule has 2 aromatic rings. The van der Waals surface area contributed by atoms with E-state index in [1.54, 1.807) is 30.6 Å². The van der Waals surface area contributed by atoms with E-state index >= 15 is 0 Å². The van der Waals surface area contributed by atoms with Crippen LogP contribution in [0.2, 0.25) is 5.02 Å². The molecule has 0 fully saturated rings. The fraction of sp³-hybridized carbons (Fsp3) is 0.300.